The summed E-state index contributed by atoms with van der Waals surface area (Å²) < 4.78 is 31.5. The lowest BCUT2D eigenvalue weighted by Crippen LogP contribution is -2.30. The lowest BCUT2D eigenvalue weighted by Gasteiger charge is -2.22. The molecule has 5 heteroatoms. The molecule has 1 heterocycles. The molecule has 1 saturated heterocycles. The number of nitrogens with one attached hydrogen (secondary N) is 1. The van der Waals surface area contributed by atoms with Gasteiger partial charge in [-0.15, -0.1) is 0 Å². The minimum absolute atomic E-state index is 0.332. The lowest BCUT2D eigenvalue weighted by atomic mass is 9.91. The molecule has 1 atom stereocenters. The second-order valence-electron chi connectivity index (χ2n) is 4.85. The third-order valence-electron chi connectivity index (χ3n) is 3.42. The molecule has 104 valence electrons. The number of carbonyl (C=O) groups excluding carboxylic acids is 1. The van der Waals surface area contributed by atoms with Crippen molar-refractivity contribution in [1.29, 1.82) is 0 Å². The van der Waals surface area contributed by atoms with Crippen LogP contribution in [0, 0.1) is 17.6 Å². The summed E-state index contributed by atoms with van der Waals surface area (Å²) in [5, 5.41) is 3.27. The highest BCUT2D eigenvalue weighted by Gasteiger charge is 2.20. The number of carbonyl (C=O) groups is 1. The van der Waals surface area contributed by atoms with Crippen molar-refractivity contribution in [3.63, 3.8) is 0 Å². The van der Waals surface area contributed by atoms with Crippen LogP contribution in [0.25, 0.3) is 0 Å². The van der Waals surface area contributed by atoms with E-state index in [9.17, 15) is 13.6 Å². The van der Waals surface area contributed by atoms with E-state index in [0.29, 0.717) is 17.9 Å². The predicted molar refractivity (Wildman–Crippen MR) is 67.0 cm³/mol. The maximum Gasteiger partial charge on any atom is 0.340 e. The quantitative estimate of drug-likeness (QED) is 0.856. The monoisotopic (exact) mass is 269 g/mol. The van der Waals surface area contributed by atoms with Crippen molar-refractivity contribution in [2.24, 2.45) is 5.92 Å². The molecule has 1 aliphatic heterocycles. The molecule has 0 aliphatic carbocycles. The zero-order chi connectivity index (χ0) is 13.8. The molecule has 0 bridgehead atoms. The van der Waals surface area contributed by atoms with E-state index in [4.69, 9.17) is 0 Å². The van der Waals surface area contributed by atoms with Crippen LogP contribution in [0.2, 0.25) is 0 Å². The van der Waals surface area contributed by atoms with Gasteiger partial charge in [-0.2, -0.15) is 0 Å². The topological polar surface area (TPSA) is 38.3 Å². The van der Waals surface area contributed by atoms with E-state index in [1.54, 1.807) is 0 Å². The summed E-state index contributed by atoms with van der Waals surface area (Å²) in [6.45, 7) is 1.87. The number of piperidine rings is 1. The molecule has 1 aliphatic rings. The Kier molecular flexibility index (Phi) is 4.47. The van der Waals surface area contributed by atoms with E-state index in [1.165, 1.54) is 6.07 Å². The fraction of sp³-hybridized carbons (Fsp3) is 0.500. The van der Waals surface area contributed by atoms with Crippen LogP contribution in [0.15, 0.2) is 12.1 Å². The van der Waals surface area contributed by atoms with Crippen molar-refractivity contribution in [2.75, 3.05) is 20.2 Å². The molecule has 1 unspecified atom stereocenters. The second-order valence-corrected chi connectivity index (χ2v) is 4.85. The SMILES string of the molecule is COC(=O)c1cc(CC2CCCNC2)cc(F)c1F. The Morgan fingerprint density at radius 1 is 1.47 bits per heavy atom. The van der Waals surface area contributed by atoms with Crippen LogP contribution in [-0.2, 0) is 11.2 Å². The largest absolute Gasteiger partial charge is 0.465 e. The van der Waals surface area contributed by atoms with Gasteiger partial charge in [-0.05, 0) is 56.0 Å². The van der Waals surface area contributed by atoms with E-state index in [-0.39, 0.29) is 5.56 Å². The minimum atomic E-state index is -1.14. The highest BCUT2D eigenvalue weighted by Crippen LogP contribution is 2.21. The Morgan fingerprint density at radius 3 is 2.89 bits per heavy atom. The van der Waals surface area contributed by atoms with Crippen molar-refractivity contribution in [1.82, 2.24) is 5.32 Å². The molecule has 0 spiro atoms. The molecule has 0 amide bonds. The van der Waals surface area contributed by atoms with E-state index in [0.717, 1.165) is 39.1 Å². The first-order valence-corrected chi connectivity index (χ1v) is 6.38. The summed E-state index contributed by atoms with van der Waals surface area (Å²) in [5.41, 5.74) is 0.300. The van der Waals surface area contributed by atoms with Crippen molar-refractivity contribution in [3.05, 3.63) is 34.9 Å². The minimum Gasteiger partial charge on any atom is -0.465 e. The first-order chi connectivity index (χ1) is 9.11. The Morgan fingerprint density at radius 2 is 2.26 bits per heavy atom. The summed E-state index contributed by atoms with van der Waals surface area (Å²) >= 11 is 0. The fourth-order valence-electron chi connectivity index (χ4n) is 2.45. The smallest absolute Gasteiger partial charge is 0.340 e. The number of hydrogen-bond acceptors (Lipinski definition) is 3. The normalized spacial score (nSPS) is 19.2. The van der Waals surface area contributed by atoms with Gasteiger partial charge in [0.05, 0.1) is 12.7 Å². The third kappa shape index (κ3) is 3.29. The van der Waals surface area contributed by atoms with Gasteiger partial charge in [-0.1, -0.05) is 0 Å². The number of ether oxygens (including phenoxy) is 1. The number of benzene rings is 1. The predicted octanol–water partition coefficient (Wildman–Crippen LogP) is 2.29. The van der Waals surface area contributed by atoms with Gasteiger partial charge in [0.2, 0.25) is 0 Å². The van der Waals surface area contributed by atoms with Crippen LogP contribution < -0.4 is 5.32 Å². The van der Waals surface area contributed by atoms with Gasteiger partial charge in [-0.25, -0.2) is 13.6 Å². The fourth-order valence-corrected chi connectivity index (χ4v) is 2.45. The molecule has 0 saturated carbocycles. The van der Waals surface area contributed by atoms with Gasteiger partial charge in [0.15, 0.2) is 11.6 Å². The summed E-state index contributed by atoms with van der Waals surface area (Å²) in [6.07, 6.45) is 2.77. The van der Waals surface area contributed by atoms with Crippen LogP contribution in [0.4, 0.5) is 8.78 Å². The molecule has 0 aromatic heterocycles. The van der Waals surface area contributed by atoms with Crippen molar-refractivity contribution in [3.8, 4) is 0 Å². The zero-order valence-corrected chi connectivity index (χ0v) is 10.8. The van der Waals surface area contributed by atoms with Crippen molar-refractivity contribution < 1.29 is 18.3 Å². The Labute approximate surface area is 111 Å². The molecule has 1 aromatic carbocycles. The molecule has 0 radical (unpaired) electrons. The van der Waals surface area contributed by atoms with Gasteiger partial charge >= 0.3 is 5.97 Å². The summed E-state index contributed by atoms with van der Waals surface area (Å²) in [4.78, 5) is 11.4. The number of halogens is 2. The van der Waals surface area contributed by atoms with Gasteiger partial charge < -0.3 is 10.1 Å². The molecule has 19 heavy (non-hydrogen) atoms. The average molecular weight is 269 g/mol. The standard InChI is InChI=1S/C14H17F2NO2/c1-19-14(18)11-6-10(7-12(15)13(11)16)5-9-3-2-4-17-8-9/h6-7,9,17H,2-5,8H2,1H3. The Hall–Kier alpha value is -1.49. The number of esters is 1. The van der Waals surface area contributed by atoms with Crippen molar-refractivity contribution >= 4 is 5.97 Å². The zero-order valence-electron chi connectivity index (χ0n) is 10.8. The molecule has 2 rings (SSSR count). The van der Waals surface area contributed by atoms with E-state index in [2.05, 4.69) is 10.1 Å². The van der Waals surface area contributed by atoms with E-state index >= 15 is 0 Å². The van der Waals surface area contributed by atoms with E-state index < -0.39 is 17.6 Å². The average Bonchev–Trinajstić information content (AvgIpc) is 2.43. The van der Waals surface area contributed by atoms with E-state index in [1.807, 2.05) is 0 Å². The third-order valence-corrected chi connectivity index (χ3v) is 3.42. The molecule has 1 N–H and O–H groups in total. The lowest BCUT2D eigenvalue weighted by molar-refractivity contribution is 0.0594. The molecule has 3 nitrogen and oxygen atoms in total. The van der Waals surface area contributed by atoms with Crippen LogP contribution in [0.3, 0.4) is 0 Å². The van der Waals surface area contributed by atoms with Crippen LogP contribution in [0.1, 0.15) is 28.8 Å². The van der Waals surface area contributed by atoms with Gasteiger partial charge in [0.1, 0.15) is 0 Å². The maximum absolute atomic E-state index is 13.5. The second kappa shape index (κ2) is 6.10. The Bertz CT molecular complexity index is 471. The van der Waals surface area contributed by atoms with Gasteiger partial charge in [0.25, 0.3) is 0 Å². The number of rotatable bonds is 3. The molecule has 1 aromatic rings. The van der Waals surface area contributed by atoms with Crippen molar-refractivity contribution in [2.45, 2.75) is 19.3 Å². The maximum atomic E-state index is 13.5. The van der Waals surface area contributed by atoms with Gasteiger partial charge in [-0.3, -0.25) is 0 Å². The molecular weight excluding hydrogens is 252 g/mol. The summed E-state index contributed by atoms with van der Waals surface area (Å²) in [6, 6.07) is 2.55. The summed E-state index contributed by atoms with van der Waals surface area (Å²) in [5.74, 6) is -2.59. The summed E-state index contributed by atoms with van der Waals surface area (Å²) in [7, 11) is 1.15. The molecular formula is C14H17F2NO2. The molecule has 1 fully saturated rings. The highest BCUT2D eigenvalue weighted by atomic mass is 19.2. The van der Waals surface area contributed by atoms with Crippen LogP contribution >= 0.6 is 0 Å². The first-order valence-electron chi connectivity index (χ1n) is 6.38. The van der Waals surface area contributed by atoms with Crippen LogP contribution in [-0.4, -0.2) is 26.2 Å². The highest BCUT2D eigenvalue weighted by molar-refractivity contribution is 5.89. The first kappa shape index (κ1) is 13.9. The number of hydrogen-bond donors (Lipinski definition) is 1. The number of methoxy groups -OCH3 is 1. The Balaban J connectivity index is 2.20. The van der Waals surface area contributed by atoms with Crippen LogP contribution in [0.5, 0.6) is 0 Å². The van der Waals surface area contributed by atoms with Gasteiger partial charge in [0, 0.05) is 0 Å².